The van der Waals surface area contributed by atoms with Gasteiger partial charge in [-0.2, -0.15) is 0 Å². The fraction of sp³-hybridized carbons (Fsp3) is 0.700. The Bertz CT molecular complexity index is 487. The molecule has 0 amide bonds. The lowest BCUT2D eigenvalue weighted by atomic mass is 10.1. The van der Waals surface area contributed by atoms with Crippen molar-refractivity contribution in [1.29, 1.82) is 0 Å². The summed E-state index contributed by atoms with van der Waals surface area (Å²) in [6.45, 7) is 4.94. The van der Waals surface area contributed by atoms with Gasteiger partial charge in [-0.25, -0.2) is 0 Å². The summed E-state index contributed by atoms with van der Waals surface area (Å²) in [5, 5.41) is 0. The van der Waals surface area contributed by atoms with Crippen LogP contribution in [-0.2, 0) is 0 Å². The van der Waals surface area contributed by atoms with E-state index in [0.29, 0.717) is 0 Å². The molecule has 0 aliphatic carbocycles. The second-order valence-corrected chi connectivity index (χ2v) is 8.35. The summed E-state index contributed by atoms with van der Waals surface area (Å²) in [5.74, 6) is 0. The maximum absolute atomic E-state index is 5.80. The predicted molar refractivity (Wildman–Crippen MR) is 105 cm³/mol. The Kier molecular flexibility index (Phi) is 9.04. The average Bonchev–Trinajstić information content (AvgIpc) is 3.02. The molecular weight excluding hydrogens is 332 g/mol. The maximum atomic E-state index is 5.80. The van der Waals surface area contributed by atoms with Gasteiger partial charge < -0.3 is 32.4 Å². The zero-order chi connectivity index (χ0) is 17.6. The number of hydrogen-bond acceptors (Lipinski definition) is 2. The predicted octanol–water partition coefficient (Wildman–Crippen LogP) is -1.37. The number of unbranched alkanes of at least 4 members (excludes halogenated alkanes) is 3. The van der Waals surface area contributed by atoms with E-state index >= 15 is 0 Å². The van der Waals surface area contributed by atoms with E-state index in [1.807, 2.05) is 12.1 Å². The van der Waals surface area contributed by atoms with Gasteiger partial charge in [0.1, 0.15) is 6.04 Å². The fourth-order valence-corrected chi connectivity index (χ4v) is 3.77. The molecule has 1 aromatic rings. The number of benzene rings is 1. The summed E-state index contributed by atoms with van der Waals surface area (Å²) >= 11 is 0. The topological polar surface area (TPSA) is 33.7 Å². The molecule has 144 valence electrons. The molecule has 3 N–H and O–H groups in total. The Morgan fingerprint density at radius 3 is 2.36 bits per heavy atom. The minimum atomic E-state index is 0. The summed E-state index contributed by atoms with van der Waals surface area (Å²) in [5.41, 5.74) is 7.97. The lowest BCUT2D eigenvalue weighted by Crippen LogP contribution is -3.05. The summed E-state index contributed by atoms with van der Waals surface area (Å²) in [4.78, 5) is 4.09. The Hall–Kier alpha value is -0.970. The number of halogens is 1. The van der Waals surface area contributed by atoms with Gasteiger partial charge in [-0.3, -0.25) is 0 Å². The van der Waals surface area contributed by atoms with E-state index in [2.05, 4.69) is 45.2 Å². The number of likely N-dealkylation sites (N-methyl/N-ethyl adjacent to an activating group) is 1. The number of anilines is 2. The molecule has 5 heteroatoms. The minimum Gasteiger partial charge on any atom is -1.00 e. The van der Waals surface area contributed by atoms with Crippen molar-refractivity contribution in [1.82, 2.24) is 0 Å². The molecule has 1 aliphatic heterocycles. The third-order valence-electron chi connectivity index (χ3n) is 5.57. The molecule has 25 heavy (non-hydrogen) atoms. The van der Waals surface area contributed by atoms with Gasteiger partial charge >= 0.3 is 0 Å². The van der Waals surface area contributed by atoms with Crippen LogP contribution in [0.1, 0.15) is 32.1 Å². The molecule has 0 saturated carbocycles. The van der Waals surface area contributed by atoms with Crippen LogP contribution in [0.2, 0.25) is 0 Å². The molecule has 1 heterocycles. The normalized spacial score (nSPS) is 17.8. The van der Waals surface area contributed by atoms with Crippen LogP contribution in [0, 0.1) is 0 Å². The molecule has 4 nitrogen and oxygen atoms in total. The van der Waals surface area contributed by atoms with E-state index in [1.54, 1.807) is 4.90 Å². The van der Waals surface area contributed by atoms with Crippen LogP contribution < -0.4 is 27.9 Å². The first-order valence-corrected chi connectivity index (χ1v) is 9.61. The summed E-state index contributed by atoms with van der Waals surface area (Å²) in [6, 6.07) is 9.08. The Balaban J connectivity index is 0.00000312. The SMILES string of the molecule is C[NH+](C)CCCCCC[N+](C)(C)C1CCN(c2ccc(N)cc2)C1.[Cl-]. The molecule has 2 rings (SSSR count). The van der Waals surface area contributed by atoms with E-state index in [1.165, 1.54) is 64.0 Å². The standard InChI is InChI=1S/C20H37N4.ClH/c1-22(2)14-7-5-6-8-16-24(3,4)20-13-15-23(17-20)19-11-9-18(21)10-12-19;/h9-12,20H,5-8,13-17,21H2,1-4H3;1H/q+1;. The van der Waals surface area contributed by atoms with Crippen molar-refractivity contribution in [3.63, 3.8) is 0 Å². The van der Waals surface area contributed by atoms with E-state index in [-0.39, 0.29) is 12.4 Å². The molecule has 1 aliphatic rings. The highest BCUT2D eigenvalue weighted by molar-refractivity contribution is 5.53. The molecular formula is C20H38ClN4+. The zero-order valence-corrected chi connectivity index (χ0v) is 17.4. The van der Waals surface area contributed by atoms with Crippen LogP contribution in [-0.4, -0.2) is 64.9 Å². The van der Waals surface area contributed by atoms with Crippen molar-refractivity contribution in [2.75, 3.05) is 65.0 Å². The van der Waals surface area contributed by atoms with Gasteiger partial charge in [0, 0.05) is 24.3 Å². The Morgan fingerprint density at radius 1 is 1.08 bits per heavy atom. The van der Waals surface area contributed by atoms with Crippen LogP contribution in [0.25, 0.3) is 0 Å². The third kappa shape index (κ3) is 7.04. The van der Waals surface area contributed by atoms with Gasteiger partial charge in [0.2, 0.25) is 0 Å². The molecule has 0 radical (unpaired) electrons. The van der Waals surface area contributed by atoms with E-state index in [4.69, 9.17) is 5.73 Å². The molecule has 1 fully saturated rings. The van der Waals surface area contributed by atoms with Gasteiger partial charge in [-0.05, 0) is 49.9 Å². The number of nitrogens with zero attached hydrogens (tertiary/aromatic N) is 2. The average molecular weight is 370 g/mol. The van der Waals surface area contributed by atoms with Crippen LogP contribution in [0.15, 0.2) is 24.3 Å². The maximum Gasteiger partial charge on any atom is 0.108 e. The lowest BCUT2D eigenvalue weighted by molar-refractivity contribution is -0.912. The number of quaternary nitrogens is 2. The van der Waals surface area contributed by atoms with Gasteiger partial charge in [0.15, 0.2) is 0 Å². The van der Waals surface area contributed by atoms with Crippen molar-refractivity contribution in [3.8, 4) is 0 Å². The highest BCUT2D eigenvalue weighted by atomic mass is 35.5. The molecule has 1 atom stereocenters. The molecule has 0 spiro atoms. The van der Waals surface area contributed by atoms with Gasteiger partial charge in [-0.1, -0.05) is 0 Å². The summed E-state index contributed by atoms with van der Waals surface area (Å²) < 4.78 is 1.16. The number of nitrogens with one attached hydrogen (secondary N) is 1. The van der Waals surface area contributed by atoms with Crippen LogP contribution in [0.3, 0.4) is 0 Å². The summed E-state index contributed by atoms with van der Waals surface area (Å²) in [6.07, 6.45) is 6.77. The van der Waals surface area contributed by atoms with Crippen molar-refractivity contribution < 1.29 is 21.8 Å². The van der Waals surface area contributed by atoms with Crippen molar-refractivity contribution in [2.24, 2.45) is 0 Å². The van der Waals surface area contributed by atoms with Crippen molar-refractivity contribution in [2.45, 2.75) is 38.1 Å². The second-order valence-electron chi connectivity index (χ2n) is 8.35. The molecule has 0 bridgehead atoms. The minimum absolute atomic E-state index is 0. The fourth-order valence-electron chi connectivity index (χ4n) is 3.77. The Morgan fingerprint density at radius 2 is 1.72 bits per heavy atom. The molecule has 1 unspecified atom stereocenters. The van der Waals surface area contributed by atoms with Crippen molar-refractivity contribution in [3.05, 3.63) is 24.3 Å². The zero-order valence-electron chi connectivity index (χ0n) is 16.6. The summed E-state index contributed by atoms with van der Waals surface area (Å²) in [7, 11) is 9.32. The first-order chi connectivity index (χ1) is 11.4. The van der Waals surface area contributed by atoms with E-state index in [9.17, 15) is 0 Å². The number of rotatable bonds is 9. The number of hydrogen-bond donors (Lipinski definition) is 2. The van der Waals surface area contributed by atoms with Gasteiger partial charge in [0.05, 0.1) is 47.8 Å². The number of nitrogen functional groups attached to an aromatic ring is 1. The van der Waals surface area contributed by atoms with E-state index < -0.39 is 0 Å². The smallest absolute Gasteiger partial charge is 0.108 e. The second kappa shape index (κ2) is 10.2. The highest BCUT2D eigenvalue weighted by Crippen LogP contribution is 2.26. The lowest BCUT2D eigenvalue weighted by Gasteiger charge is -2.36. The van der Waals surface area contributed by atoms with Gasteiger partial charge in [-0.15, -0.1) is 0 Å². The quantitative estimate of drug-likeness (QED) is 0.320. The largest absolute Gasteiger partial charge is 1.00 e. The van der Waals surface area contributed by atoms with Gasteiger partial charge in [0.25, 0.3) is 0 Å². The van der Waals surface area contributed by atoms with Crippen molar-refractivity contribution >= 4 is 11.4 Å². The third-order valence-corrected chi connectivity index (χ3v) is 5.57. The number of nitrogens with two attached hydrogens (primary N) is 1. The van der Waals surface area contributed by atoms with Crippen LogP contribution in [0.4, 0.5) is 11.4 Å². The highest BCUT2D eigenvalue weighted by Gasteiger charge is 2.34. The first-order valence-electron chi connectivity index (χ1n) is 9.61. The monoisotopic (exact) mass is 369 g/mol. The molecule has 1 saturated heterocycles. The van der Waals surface area contributed by atoms with E-state index in [0.717, 1.165) is 16.2 Å². The first kappa shape index (κ1) is 22.1. The van der Waals surface area contributed by atoms with Crippen LogP contribution >= 0.6 is 0 Å². The van der Waals surface area contributed by atoms with Crippen LogP contribution in [0.5, 0.6) is 0 Å². The molecule has 1 aromatic carbocycles. The Labute approximate surface area is 161 Å². The molecule has 0 aromatic heterocycles.